The number of nitrogens with zero attached hydrogens (tertiary/aromatic N) is 3. The Bertz CT molecular complexity index is 937. The summed E-state index contributed by atoms with van der Waals surface area (Å²) in [7, 11) is -0.414. The highest BCUT2D eigenvalue weighted by Gasteiger charge is 2.36. The first kappa shape index (κ1) is 19.1. The van der Waals surface area contributed by atoms with Crippen molar-refractivity contribution in [1.82, 2.24) is 13.8 Å². The molecule has 9 heteroatoms. The Hall–Kier alpha value is -1.68. The molecule has 26 heavy (non-hydrogen) atoms. The maximum atomic E-state index is 13.1. The molecule has 0 saturated carbocycles. The van der Waals surface area contributed by atoms with Crippen molar-refractivity contribution < 1.29 is 17.6 Å². The number of benzene rings is 1. The van der Waals surface area contributed by atoms with E-state index >= 15 is 0 Å². The van der Waals surface area contributed by atoms with E-state index in [9.17, 15) is 13.2 Å². The third kappa shape index (κ3) is 3.32. The fourth-order valence-corrected chi connectivity index (χ4v) is 5.18. The summed E-state index contributed by atoms with van der Waals surface area (Å²) in [4.78, 5) is 14.0. The van der Waals surface area contributed by atoms with Gasteiger partial charge in [-0.25, -0.2) is 13.2 Å². The molecule has 0 N–H and O–H groups in total. The average molecular weight is 383 g/mol. The summed E-state index contributed by atoms with van der Waals surface area (Å²) < 4.78 is 39.3. The molecule has 1 aliphatic rings. The number of rotatable bonds is 5. The monoisotopic (exact) mass is 383 g/mol. The van der Waals surface area contributed by atoms with Crippen LogP contribution < -0.4 is 5.76 Å². The van der Waals surface area contributed by atoms with Crippen LogP contribution in [0.5, 0.6) is 0 Å². The lowest BCUT2D eigenvalue weighted by Gasteiger charge is -2.43. The smallest absolute Gasteiger partial charge is 0.408 e. The summed E-state index contributed by atoms with van der Waals surface area (Å²) in [5, 5.41) is 0. The SMILES string of the molecule is COCCN1C(C)CN(S(=O)(=O)c2ccc3c(c2)oc(=O)n3C)CC1C. The van der Waals surface area contributed by atoms with Gasteiger partial charge in [0, 0.05) is 51.9 Å². The van der Waals surface area contributed by atoms with E-state index in [2.05, 4.69) is 4.90 Å². The predicted octanol–water partition coefficient (Wildman–Crippen LogP) is 0.861. The lowest BCUT2D eigenvalue weighted by atomic mass is 10.1. The zero-order valence-electron chi connectivity index (χ0n) is 15.5. The molecule has 2 unspecified atom stereocenters. The number of aryl methyl sites for hydroxylation is 1. The quantitative estimate of drug-likeness (QED) is 0.761. The highest BCUT2D eigenvalue weighted by Crippen LogP contribution is 2.25. The van der Waals surface area contributed by atoms with Gasteiger partial charge >= 0.3 is 5.76 Å². The van der Waals surface area contributed by atoms with Crippen LogP contribution in [-0.4, -0.2) is 67.6 Å². The van der Waals surface area contributed by atoms with Crippen LogP contribution in [0, 0.1) is 0 Å². The molecular weight excluding hydrogens is 358 g/mol. The summed E-state index contributed by atoms with van der Waals surface area (Å²) >= 11 is 0. The Morgan fingerprint density at radius 2 is 1.88 bits per heavy atom. The zero-order chi connectivity index (χ0) is 19.1. The summed E-state index contributed by atoms with van der Waals surface area (Å²) in [5.41, 5.74) is 0.846. The number of ether oxygens (including phenoxy) is 1. The van der Waals surface area contributed by atoms with Crippen LogP contribution >= 0.6 is 0 Å². The Balaban J connectivity index is 1.88. The number of sulfonamides is 1. The fraction of sp³-hybridized carbons (Fsp3) is 0.588. The lowest BCUT2D eigenvalue weighted by Crippen LogP contribution is -2.58. The van der Waals surface area contributed by atoms with Gasteiger partial charge in [-0.05, 0) is 26.0 Å². The van der Waals surface area contributed by atoms with E-state index in [0.717, 1.165) is 6.54 Å². The lowest BCUT2D eigenvalue weighted by molar-refractivity contribution is 0.0496. The molecule has 0 bridgehead atoms. The second-order valence-corrected chi connectivity index (χ2v) is 8.75. The summed E-state index contributed by atoms with van der Waals surface area (Å²) in [5.74, 6) is -0.511. The standard InChI is InChI=1S/C17H25N3O5S/c1-12-10-19(11-13(2)20(12)7-8-24-4)26(22,23)14-5-6-15-16(9-14)25-17(21)18(15)3/h5-6,9,12-13H,7-8,10-11H2,1-4H3. The van der Waals surface area contributed by atoms with Crippen LogP contribution in [0.3, 0.4) is 0 Å². The fourth-order valence-electron chi connectivity index (χ4n) is 3.57. The van der Waals surface area contributed by atoms with E-state index in [1.54, 1.807) is 20.2 Å². The normalized spacial score (nSPS) is 22.9. The molecule has 0 aliphatic carbocycles. The highest BCUT2D eigenvalue weighted by molar-refractivity contribution is 7.89. The molecule has 8 nitrogen and oxygen atoms in total. The van der Waals surface area contributed by atoms with Crippen molar-refractivity contribution in [1.29, 1.82) is 0 Å². The molecular formula is C17H25N3O5S. The van der Waals surface area contributed by atoms with Crippen molar-refractivity contribution in [3.05, 3.63) is 28.7 Å². The van der Waals surface area contributed by atoms with Crippen molar-refractivity contribution in [3.63, 3.8) is 0 Å². The molecule has 2 heterocycles. The van der Waals surface area contributed by atoms with Crippen molar-refractivity contribution in [2.24, 2.45) is 7.05 Å². The average Bonchev–Trinajstić information content (AvgIpc) is 2.88. The van der Waals surface area contributed by atoms with Gasteiger partial charge in [0.05, 0.1) is 17.0 Å². The van der Waals surface area contributed by atoms with Crippen molar-refractivity contribution in [2.45, 2.75) is 30.8 Å². The Labute approximate surface area is 153 Å². The van der Waals surface area contributed by atoms with Crippen molar-refractivity contribution in [2.75, 3.05) is 33.4 Å². The minimum atomic E-state index is -3.66. The van der Waals surface area contributed by atoms with E-state index in [1.807, 2.05) is 13.8 Å². The van der Waals surface area contributed by atoms with E-state index in [0.29, 0.717) is 25.2 Å². The first-order valence-electron chi connectivity index (χ1n) is 8.60. The van der Waals surface area contributed by atoms with Crippen LogP contribution in [-0.2, 0) is 21.8 Å². The maximum absolute atomic E-state index is 13.1. The second-order valence-electron chi connectivity index (χ2n) is 6.81. The number of aromatic nitrogens is 1. The zero-order valence-corrected chi connectivity index (χ0v) is 16.3. The summed E-state index contributed by atoms with van der Waals surface area (Å²) in [6.45, 7) is 6.25. The van der Waals surface area contributed by atoms with Crippen molar-refractivity contribution in [3.8, 4) is 0 Å². The molecule has 1 aliphatic heterocycles. The molecule has 1 aromatic heterocycles. The number of oxazole rings is 1. The van der Waals surface area contributed by atoms with Crippen LogP contribution in [0.2, 0.25) is 0 Å². The first-order valence-corrected chi connectivity index (χ1v) is 10.0. The minimum absolute atomic E-state index is 0.0852. The number of methoxy groups -OCH3 is 1. The van der Waals surface area contributed by atoms with Crippen LogP contribution in [0.15, 0.2) is 32.3 Å². The molecule has 0 radical (unpaired) electrons. The molecule has 1 fully saturated rings. The molecule has 0 spiro atoms. The Kier molecular flexibility index (Phi) is 5.25. The molecule has 0 amide bonds. The Morgan fingerprint density at radius 3 is 2.50 bits per heavy atom. The van der Waals surface area contributed by atoms with Gasteiger partial charge in [-0.15, -0.1) is 0 Å². The largest absolute Gasteiger partial charge is 0.419 e. The maximum Gasteiger partial charge on any atom is 0.419 e. The van der Waals surface area contributed by atoms with Crippen molar-refractivity contribution >= 4 is 21.1 Å². The van der Waals surface area contributed by atoms with Crippen LogP contribution in [0.25, 0.3) is 11.1 Å². The summed E-state index contributed by atoms with van der Waals surface area (Å²) in [6, 6.07) is 4.73. The van der Waals surface area contributed by atoms with Gasteiger partial charge < -0.3 is 9.15 Å². The predicted molar refractivity (Wildman–Crippen MR) is 97.7 cm³/mol. The van der Waals surface area contributed by atoms with Gasteiger partial charge in [0.1, 0.15) is 0 Å². The van der Waals surface area contributed by atoms with Gasteiger partial charge in [0.15, 0.2) is 5.58 Å². The number of hydrogen-bond donors (Lipinski definition) is 0. The molecule has 144 valence electrons. The number of fused-ring (bicyclic) bond motifs is 1. The van der Waals surface area contributed by atoms with E-state index in [1.165, 1.54) is 21.0 Å². The topological polar surface area (TPSA) is 85.0 Å². The van der Waals surface area contributed by atoms with E-state index in [4.69, 9.17) is 9.15 Å². The third-order valence-corrected chi connectivity index (χ3v) is 6.85. The van der Waals surface area contributed by atoms with E-state index < -0.39 is 15.8 Å². The molecule has 1 saturated heterocycles. The summed E-state index contributed by atoms with van der Waals surface area (Å²) in [6.07, 6.45) is 0. The van der Waals surface area contributed by atoms with Gasteiger partial charge in [-0.3, -0.25) is 9.47 Å². The third-order valence-electron chi connectivity index (χ3n) is 5.02. The van der Waals surface area contributed by atoms with Crippen LogP contribution in [0.4, 0.5) is 0 Å². The van der Waals surface area contributed by atoms with Gasteiger partial charge in [0.2, 0.25) is 10.0 Å². The number of piperazine rings is 1. The van der Waals surface area contributed by atoms with Gasteiger partial charge in [-0.2, -0.15) is 4.31 Å². The minimum Gasteiger partial charge on any atom is -0.408 e. The molecule has 2 aromatic rings. The second kappa shape index (κ2) is 7.15. The van der Waals surface area contributed by atoms with Gasteiger partial charge in [0.25, 0.3) is 0 Å². The molecule has 1 aromatic carbocycles. The molecule has 2 atom stereocenters. The van der Waals surface area contributed by atoms with E-state index in [-0.39, 0.29) is 22.6 Å². The first-order chi connectivity index (χ1) is 12.3. The van der Waals surface area contributed by atoms with Crippen LogP contribution in [0.1, 0.15) is 13.8 Å². The Morgan fingerprint density at radius 1 is 1.23 bits per heavy atom. The van der Waals surface area contributed by atoms with Gasteiger partial charge in [-0.1, -0.05) is 0 Å². The highest BCUT2D eigenvalue weighted by atomic mass is 32.2. The number of hydrogen-bond acceptors (Lipinski definition) is 6. The molecule has 3 rings (SSSR count).